The van der Waals surface area contributed by atoms with Crippen LogP contribution in [0.5, 0.6) is 0 Å². The molecule has 5 rings (SSSR count). The highest BCUT2D eigenvalue weighted by atomic mass is 19.1. The first-order valence-electron chi connectivity index (χ1n) is 10.4. The zero-order chi connectivity index (χ0) is 23.7. The van der Waals surface area contributed by atoms with Crippen LogP contribution in [0.15, 0.2) is 84.7 Å². The lowest BCUT2D eigenvalue weighted by molar-refractivity contribution is -0.0341. The normalized spacial score (nSPS) is 14.1. The van der Waals surface area contributed by atoms with E-state index in [1.165, 1.54) is 49.6 Å². The molecule has 2 aromatic carbocycles. The average Bonchev–Trinajstić information content (AvgIpc) is 3.62. The highest BCUT2D eigenvalue weighted by Crippen LogP contribution is 2.35. The minimum Gasteiger partial charge on any atom is -0.381 e. The van der Waals surface area contributed by atoms with Crippen LogP contribution in [0.25, 0.3) is 11.4 Å². The Hall–Kier alpha value is -4.45. The SMILES string of the molecule is C[C@@H](n1ccn(-c2ccc(-n3cnnn3)cc2)c1=O)[C@](O)(Cn1cncn1)c1ccccc1F. The third-order valence-electron chi connectivity index (χ3n) is 5.86. The standard InChI is InChI=1S/C22H20FN9O2/c1-16(22(34,12-29-14-24-13-26-29)19-4-2-3-5-20(19)23)30-10-11-31(21(30)33)17-6-8-18(9-7-17)32-15-25-27-28-32/h2-11,13-16,34H,12H2,1H3/t16-,22-/m1/s1. The minimum absolute atomic E-state index is 0.0587. The molecule has 0 spiro atoms. The molecule has 3 heterocycles. The van der Waals surface area contributed by atoms with Gasteiger partial charge in [0.2, 0.25) is 0 Å². The molecule has 0 bridgehead atoms. The summed E-state index contributed by atoms with van der Waals surface area (Å²) in [6, 6.07) is 12.2. The van der Waals surface area contributed by atoms with Gasteiger partial charge < -0.3 is 5.11 Å². The van der Waals surface area contributed by atoms with Crippen molar-refractivity contribution in [2.45, 2.75) is 25.1 Å². The summed E-state index contributed by atoms with van der Waals surface area (Å²) in [4.78, 5) is 17.2. The van der Waals surface area contributed by atoms with E-state index in [9.17, 15) is 14.3 Å². The van der Waals surface area contributed by atoms with Gasteiger partial charge in [0.1, 0.15) is 30.4 Å². The van der Waals surface area contributed by atoms with E-state index in [1.807, 2.05) is 0 Å². The number of aliphatic hydroxyl groups is 1. The summed E-state index contributed by atoms with van der Waals surface area (Å²) in [7, 11) is 0. The molecular weight excluding hydrogens is 441 g/mol. The van der Waals surface area contributed by atoms with Crippen molar-refractivity contribution in [1.29, 1.82) is 0 Å². The summed E-state index contributed by atoms with van der Waals surface area (Å²) >= 11 is 0. The molecule has 11 nitrogen and oxygen atoms in total. The molecule has 0 aliphatic carbocycles. The number of hydrogen-bond acceptors (Lipinski definition) is 7. The summed E-state index contributed by atoms with van der Waals surface area (Å²) < 4.78 is 20.5. The van der Waals surface area contributed by atoms with Gasteiger partial charge in [0.05, 0.1) is 24.0 Å². The fourth-order valence-corrected chi connectivity index (χ4v) is 3.97. The second kappa shape index (κ2) is 8.48. The lowest BCUT2D eigenvalue weighted by Crippen LogP contribution is -2.43. The maximum Gasteiger partial charge on any atom is 0.333 e. The van der Waals surface area contributed by atoms with E-state index in [1.54, 1.807) is 55.7 Å². The van der Waals surface area contributed by atoms with Crippen LogP contribution in [0.1, 0.15) is 18.5 Å². The van der Waals surface area contributed by atoms with Crippen molar-refractivity contribution >= 4 is 0 Å². The third kappa shape index (κ3) is 3.69. The number of tetrazole rings is 1. The zero-order valence-electron chi connectivity index (χ0n) is 18.0. The van der Waals surface area contributed by atoms with Crippen LogP contribution in [0.2, 0.25) is 0 Å². The number of aromatic nitrogens is 9. The van der Waals surface area contributed by atoms with Crippen LogP contribution >= 0.6 is 0 Å². The first kappa shape index (κ1) is 21.4. The first-order chi connectivity index (χ1) is 16.5. The van der Waals surface area contributed by atoms with Gasteiger partial charge in [0, 0.05) is 18.0 Å². The second-order valence-electron chi connectivity index (χ2n) is 7.80. The Balaban J connectivity index is 1.52. The highest BCUT2D eigenvalue weighted by molar-refractivity contribution is 5.40. The van der Waals surface area contributed by atoms with Crippen LogP contribution < -0.4 is 5.69 Å². The van der Waals surface area contributed by atoms with Crippen molar-refractivity contribution in [3.8, 4) is 11.4 Å². The van der Waals surface area contributed by atoms with E-state index in [4.69, 9.17) is 0 Å². The molecule has 2 atom stereocenters. The maximum atomic E-state index is 14.8. The Labute approximate surface area is 192 Å². The number of rotatable bonds is 7. The van der Waals surface area contributed by atoms with Crippen molar-refractivity contribution in [3.63, 3.8) is 0 Å². The number of hydrogen-bond donors (Lipinski definition) is 1. The molecule has 34 heavy (non-hydrogen) atoms. The maximum absolute atomic E-state index is 14.8. The van der Waals surface area contributed by atoms with Gasteiger partial charge in [0.25, 0.3) is 0 Å². The van der Waals surface area contributed by atoms with Crippen molar-refractivity contribution < 1.29 is 9.50 Å². The smallest absolute Gasteiger partial charge is 0.333 e. The molecule has 12 heteroatoms. The molecule has 5 aromatic rings. The van der Waals surface area contributed by atoms with Crippen molar-refractivity contribution in [2.75, 3.05) is 0 Å². The topological polar surface area (TPSA) is 121 Å². The van der Waals surface area contributed by atoms with Crippen LogP contribution in [-0.2, 0) is 12.1 Å². The first-order valence-corrected chi connectivity index (χ1v) is 10.4. The largest absolute Gasteiger partial charge is 0.381 e. The second-order valence-corrected chi connectivity index (χ2v) is 7.80. The zero-order valence-corrected chi connectivity index (χ0v) is 18.0. The quantitative estimate of drug-likeness (QED) is 0.390. The summed E-state index contributed by atoms with van der Waals surface area (Å²) in [6.07, 6.45) is 7.39. The molecule has 0 aliphatic rings. The molecule has 172 valence electrons. The average molecular weight is 461 g/mol. The lowest BCUT2D eigenvalue weighted by Gasteiger charge is -2.35. The van der Waals surface area contributed by atoms with Gasteiger partial charge >= 0.3 is 5.69 Å². The fraction of sp³-hybridized carbons (Fsp3) is 0.182. The van der Waals surface area contributed by atoms with Crippen molar-refractivity contribution in [2.24, 2.45) is 0 Å². The molecule has 0 fully saturated rings. The highest BCUT2D eigenvalue weighted by Gasteiger charge is 2.40. The Morgan fingerprint density at radius 3 is 2.50 bits per heavy atom. The number of imidazole rings is 1. The van der Waals surface area contributed by atoms with Gasteiger partial charge in [-0.15, -0.1) is 5.10 Å². The Bertz CT molecular complexity index is 1440. The van der Waals surface area contributed by atoms with Gasteiger partial charge in [-0.25, -0.2) is 23.5 Å². The lowest BCUT2D eigenvalue weighted by atomic mass is 9.86. The van der Waals surface area contributed by atoms with Crippen molar-refractivity contribution in [1.82, 2.24) is 44.1 Å². The van der Waals surface area contributed by atoms with E-state index in [-0.39, 0.29) is 12.1 Å². The predicted molar refractivity (Wildman–Crippen MR) is 118 cm³/mol. The Morgan fingerprint density at radius 2 is 1.82 bits per heavy atom. The Kier molecular flexibility index (Phi) is 5.34. The molecular formula is C22H20FN9O2. The van der Waals surface area contributed by atoms with E-state index >= 15 is 0 Å². The van der Waals surface area contributed by atoms with Crippen LogP contribution in [-0.4, -0.2) is 49.2 Å². The minimum atomic E-state index is -1.79. The summed E-state index contributed by atoms with van der Waals surface area (Å²) in [5.74, 6) is -0.581. The third-order valence-corrected chi connectivity index (χ3v) is 5.86. The van der Waals surface area contributed by atoms with E-state index < -0.39 is 23.1 Å². The van der Waals surface area contributed by atoms with Crippen LogP contribution in [0.3, 0.4) is 0 Å². The van der Waals surface area contributed by atoms with Crippen LogP contribution in [0, 0.1) is 5.82 Å². The van der Waals surface area contributed by atoms with Gasteiger partial charge in [-0.2, -0.15) is 5.10 Å². The van der Waals surface area contributed by atoms with Crippen molar-refractivity contribution in [3.05, 3.63) is 102 Å². The Morgan fingerprint density at radius 1 is 1.06 bits per heavy atom. The number of benzene rings is 2. The molecule has 0 unspecified atom stereocenters. The molecule has 3 aromatic heterocycles. The summed E-state index contributed by atoms with van der Waals surface area (Å²) in [5, 5.41) is 26.9. The van der Waals surface area contributed by atoms with E-state index in [2.05, 4.69) is 25.6 Å². The number of halogens is 1. The van der Waals surface area contributed by atoms with E-state index in [0.717, 1.165) is 5.69 Å². The summed E-state index contributed by atoms with van der Waals surface area (Å²) in [6.45, 7) is 1.56. The van der Waals surface area contributed by atoms with Gasteiger partial charge in [-0.3, -0.25) is 9.13 Å². The molecule has 0 aliphatic heterocycles. The van der Waals surface area contributed by atoms with E-state index in [0.29, 0.717) is 5.69 Å². The van der Waals surface area contributed by atoms with Gasteiger partial charge in [-0.1, -0.05) is 18.2 Å². The molecule has 0 radical (unpaired) electrons. The molecule has 0 amide bonds. The predicted octanol–water partition coefficient (Wildman–Crippen LogP) is 1.49. The van der Waals surface area contributed by atoms with Crippen LogP contribution in [0.4, 0.5) is 4.39 Å². The molecule has 1 N–H and O–H groups in total. The fourth-order valence-electron chi connectivity index (χ4n) is 3.97. The number of nitrogens with zero attached hydrogens (tertiary/aromatic N) is 9. The van der Waals surface area contributed by atoms with Gasteiger partial charge in [0.15, 0.2) is 0 Å². The van der Waals surface area contributed by atoms with Gasteiger partial charge in [-0.05, 0) is 47.7 Å². The molecule has 0 saturated heterocycles. The summed E-state index contributed by atoms with van der Waals surface area (Å²) in [5.41, 5.74) is -0.784. The monoisotopic (exact) mass is 461 g/mol. The molecule has 0 saturated carbocycles.